The summed E-state index contributed by atoms with van der Waals surface area (Å²) in [5.41, 5.74) is 2.30. The van der Waals surface area contributed by atoms with Gasteiger partial charge in [-0.1, -0.05) is 24.3 Å². The highest BCUT2D eigenvalue weighted by Gasteiger charge is 2.31. The molecule has 0 unspecified atom stereocenters. The van der Waals surface area contributed by atoms with Crippen molar-refractivity contribution in [3.05, 3.63) is 35.4 Å². The third-order valence-electron chi connectivity index (χ3n) is 2.72. The molecule has 0 radical (unpaired) electrons. The molecule has 1 amide bonds. The zero-order valence-electron chi connectivity index (χ0n) is 9.07. The van der Waals surface area contributed by atoms with E-state index in [-0.39, 0.29) is 11.4 Å². The number of carbonyl (C=O) groups is 1. The fourth-order valence-electron chi connectivity index (χ4n) is 1.99. The van der Waals surface area contributed by atoms with Crippen LogP contribution in [0.15, 0.2) is 24.3 Å². The van der Waals surface area contributed by atoms with E-state index in [9.17, 15) is 4.79 Å². The molecule has 4 heteroatoms. The number of fused-ring (bicyclic) bond motifs is 1. The number of amides is 1. The summed E-state index contributed by atoms with van der Waals surface area (Å²) in [6, 6.07) is 7.91. The number of halogens is 1. The lowest BCUT2D eigenvalue weighted by Gasteiger charge is -2.15. The smallest absolute Gasteiger partial charge is 0.407 e. The molecule has 86 valence electrons. The van der Waals surface area contributed by atoms with Gasteiger partial charge in [0.05, 0.1) is 18.0 Å². The predicted octanol–water partition coefficient (Wildman–Crippen LogP) is 2.64. The first-order valence-electron chi connectivity index (χ1n) is 5.37. The van der Waals surface area contributed by atoms with Crippen molar-refractivity contribution in [1.82, 2.24) is 5.32 Å². The Hall–Kier alpha value is -1.22. The lowest BCUT2D eigenvalue weighted by Crippen LogP contribution is -2.36. The molecule has 0 aliphatic heterocycles. The van der Waals surface area contributed by atoms with Crippen LogP contribution in [0.1, 0.15) is 23.4 Å². The number of benzene rings is 1. The third-order valence-corrected chi connectivity index (χ3v) is 3.26. The lowest BCUT2D eigenvalue weighted by atomic mass is 10.1. The molecule has 0 saturated carbocycles. The minimum absolute atomic E-state index is 0.0712. The number of hydrogen-bond acceptors (Lipinski definition) is 2. The van der Waals surface area contributed by atoms with Gasteiger partial charge >= 0.3 is 6.09 Å². The second kappa shape index (κ2) is 4.74. The minimum Gasteiger partial charge on any atom is -0.450 e. The molecule has 0 fully saturated rings. The third kappa shape index (κ3) is 2.14. The maximum absolute atomic E-state index is 11.3. The van der Waals surface area contributed by atoms with Crippen molar-refractivity contribution in [3.63, 3.8) is 0 Å². The van der Waals surface area contributed by atoms with E-state index < -0.39 is 6.09 Å². The number of alkyl halides is 1. The number of hydrogen-bond donors (Lipinski definition) is 1. The van der Waals surface area contributed by atoms with Crippen LogP contribution >= 0.6 is 11.6 Å². The summed E-state index contributed by atoms with van der Waals surface area (Å²) in [5.74, 6) is 0. The van der Waals surface area contributed by atoms with Crippen molar-refractivity contribution in [2.45, 2.75) is 24.8 Å². The molecule has 0 heterocycles. The van der Waals surface area contributed by atoms with Crippen molar-refractivity contribution in [2.24, 2.45) is 0 Å². The molecule has 2 atom stereocenters. The molecule has 1 N–H and O–H groups in total. The summed E-state index contributed by atoms with van der Waals surface area (Å²) in [7, 11) is 0. The topological polar surface area (TPSA) is 38.3 Å². The molecule has 0 bridgehead atoms. The van der Waals surface area contributed by atoms with Gasteiger partial charge in [-0.05, 0) is 24.5 Å². The summed E-state index contributed by atoms with van der Waals surface area (Å²) < 4.78 is 4.84. The molecule has 16 heavy (non-hydrogen) atoms. The van der Waals surface area contributed by atoms with Crippen molar-refractivity contribution in [2.75, 3.05) is 6.61 Å². The Morgan fingerprint density at radius 3 is 3.00 bits per heavy atom. The van der Waals surface area contributed by atoms with Crippen LogP contribution in [-0.2, 0) is 11.2 Å². The molecule has 1 aromatic rings. The molecule has 1 aliphatic rings. The van der Waals surface area contributed by atoms with E-state index in [2.05, 4.69) is 5.32 Å². The average molecular weight is 240 g/mol. The van der Waals surface area contributed by atoms with Crippen LogP contribution in [0, 0.1) is 0 Å². The fraction of sp³-hybridized carbons (Fsp3) is 0.417. The van der Waals surface area contributed by atoms with E-state index >= 15 is 0 Å². The molecule has 0 saturated heterocycles. The van der Waals surface area contributed by atoms with E-state index in [0.717, 1.165) is 12.0 Å². The maximum Gasteiger partial charge on any atom is 0.407 e. The molecule has 1 aromatic carbocycles. The average Bonchev–Trinajstić information content (AvgIpc) is 2.57. The molecule has 0 aromatic heterocycles. The second-order valence-electron chi connectivity index (χ2n) is 3.78. The van der Waals surface area contributed by atoms with Gasteiger partial charge < -0.3 is 10.1 Å². The van der Waals surface area contributed by atoms with Crippen molar-refractivity contribution in [3.8, 4) is 0 Å². The van der Waals surface area contributed by atoms with E-state index in [1.165, 1.54) is 5.56 Å². The summed E-state index contributed by atoms with van der Waals surface area (Å²) in [5, 5.41) is 2.62. The zero-order valence-corrected chi connectivity index (χ0v) is 9.83. The summed E-state index contributed by atoms with van der Waals surface area (Å²) >= 11 is 6.28. The highest BCUT2D eigenvalue weighted by molar-refractivity contribution is 6.21. The Labute approximate surface area is 99.7 Å². The SMILES string of the molecule is CCOC(=O)N[C@@H]1Cc2ccccc2[C@@H]1Cl. The molecule has 0 spiro atoms. The Morgan fingerprint density at radius 2 is 2.31 bits per heavy atom. The van der Waals surface area contributed by atoms with Crippen molar-refractivity contribution < 1.29 is 9.53 Å². The van der Waals surface area contributed by atoms with Gasteiger partial charge in [0.15, 0.2) is 0 Å². The van der Waals surface area contributed by atoms with Gasteiger partial charge in [-0.3, -0.25) is 0 Å². The van der Waals surface area contributed by atoms with E-state index in [0.29, 0.717) is 6.61 Å². The van der Waals surface area contributed by atoms with Crippen molar-refractivity contribution in [1.29, 1.82) is 0 Å². The van der Waals surface area contributed by atoms with E-state index in [1.54, 1.807) is 6.92 Å². The largest absolute Gasteiger partial charge is 0.450 e. The summed E-state index contributed by atoms with van der Waals surface area (Å²) in [6.07, 6.45) is 0.370. The normalized spacial score (nSPS) is 22.6. The van der Waals surface area contributed by atoms with Crippen LogP contribution in [0.3, 0.4) is 0 Å². The molecular formula is C12H14ClNO2. The maximum atomic E-state index is 11.3. The lowest BCUT2D eigenvalue weighted by molar-refractivity contribution is 0.148. The predicted molar refractivity (Wildman–Crippen MR) is 62.7 cm³/mol. The van der Waals surface area contributed by atoms with Gasteiger partial charge in [0.25, 0.3) is 0 Å². The number of alkyl carbamates (subject to hydrolysis) is 1. The van der Waals surface area contributed by atoms with Crippen LogP contribution in [0.4, 0.5) is 4.79 Å². The first-order valence-corrected chi connectivity index (χ1v) is 5.81. The van der Waals surface area contributed by atoms with Crippen molar-refractivity contribution >= 4 is 17.7 Å². The summed E-state index contributed by atoms with van der Waals surface area (Å²) in [6.45, 7) is 2.15. The Bertz CT molecular complexity index is 394. The van der Waals surface area contributed by atoms with Gasteiger partial charge in [0, 0.05) is 0 Å². The van der Waals surface area contributed by atoms with Gasteiger partial charge in [0.1, 0.15) is 0 Å². The Morgan fingerprint density at radius 1 is 1.56 bits per heavy atom. The van der Waals surface area contributed by atoms with Crippen LogP contribution in [0.5, 0.6) is 0 Å². The Kier molecular flexibility index (Phi) is 3.34. The van der Waals surface area contributed by atoms with Gasteiger partial charge in [-0.25, -0.2) is 4.79 Å². The first-order chi connectivity index (χ1) is 7.72. The molecule has 3 nitrogen and oxygen atoms in total. The van der Waals surface area contributed by atoms with Crippen LogP contribution in [0.2, 0.25) is 0 Å². The first kappa shape index (κ1) is 11.3. The number of nitrogens with one attached hydrogen (secondary N) is 1. The second-order valence-corrected chi connectivity index (χ2v) is 4.25. The van der Waals surface area contributed by atoms with Crippen LogP contribution < -0.4 is 5.32 Å². The molecular weight excluding hydrogens is 226 g/mol. The van der Waals surface area contributed by atoms with Gasteiger partial charge in [0.2, 0.25) is 0 Å². The van der Waals surface area contributed by atoms with Gasteiger partial charge in [-0.15, -0.1) is 11.6 Å². The van der Waals surface area contributed by atoms with E-state index in [4.69, 9.17) is 16.3 Å². The van der Waals surface area contributed by atoms with E-state index in [1.807, 2.05) is 24.3 Å². The monoisotopic (exact) mass is 239 g/mol. The summed E-state index contributed by atoms with van der Waals surface area (Å²) in [4.78, 5) is 11.3. The quantitative estimate of drug-likeness (QED) is 0.806. The standard InChI is InChI=1S/C12H14ClNO2/c1-2-16-12(15)14-10-7-8-5-3-4-6-9(8)11(10)13/h3-6,10-11H,2,7H2,1H3,(H,14,15)/t10-,11+/m1/s1. The highest BCUT2D eigenvalue weighted by Crippen LogP contribution is 2.36. The van der Waals surface area contributed by atoms with Crippen LogP contribution in [-0.4, -0.2) is 18.7 Å². The number of carbonyl (C=O) groups excluding carboxylic acids is 1. The van der Waals surface area contributed by atoms with Gasteiger partial charge in [-0.2, -0.15) is 0 Å². The fourth-order valence-corrected chi connectivity index (χ4v) is 2.36. The zero-order chi connectivity index (χ0) is 11.5. The number of ether oxygens (including phenoxy) is 1. The molecule has 2 rings (SSSR count). The minimum atomic E-state index is -0.397. The molecule has 1 aliphatic carbocycles. The van der Waals surface area contributed by atoms with Crippen LogP contribution in [0.25, 0.3) is 0 Å². The Balaban J connectivity index is 2.04. The number of rotatable bonds is 2. The highest BCUT2D eigenvalue weighted by atomic mass is 35.5.